The number of aromatic nitrogens is 2. The average molecular weight is 608 g/mol. The Bertz CT molecular complexity index is 1610. The fourth-order valence-electron chi connectivity index (χ4n) is 6.37. The molecule has 1 fully saturated rings. The van der Waals surface area contributed by atoms with Crippen molar-refractivity contribution in [2.75, 3.05) is 0 Å². The van der Waals surface area contributed by atoms with Crippen LogP contribution < -0.4 is 0 Å². The summed E-state index contributed by atoms with van der Waals surface area (Å²) in [6, 6.07) is 15.8. The van der Waals surface area contributed by atoms with Gasteiger partial charge in [-0.2, -0.15) is 0 Å². The van der Waals surface area contributed by atoms with Crippen LogP contribution in [0.3, 0.4) is 0 Å². The Morgan fingerprint density at radius 2 is 1.82 bits per heavy atom. The van der Waals surface area contributed by atoms with E-state index < -0.39 is 5.60 Å². The Labute approximate surface area is 266 Å². The van der Waals surface area contributed by atoms with E-state index in [9.17, 15) is 14.4 Å². The third-order valence-electron chi connectivity index (χ3n) is 8.78. The molecule has 1 aromatic heterocycles. The number of carbonyl (C=O) groups excluding carboxylic acids is 3. The number of nitrogens with zero attached hydrogens (tertiary/aromatic N) is 3. The van der Waals surface area contributed by atoms with E-state index in [-0.39, 0.29) is 23.7 Å². The molecule has 7 heteroatoms. The highest BCUT2D eigenvalue weighted by atomic mass is 16.6. The number of hydrogen-bond acceptors (Lipinski definition) is 5. The van der Waals surface area contributed by atoms with Crippen LogP contribution in [0, 0.1) is 17.8 Å². The van der Waals surface area contributed by atoms with Crippen molar-refractivity contribution in [3.63, 3.8) is 0 Å². The van der Waals surface area contributed by atoms with E-state index in [2.05, 4.69) is 35.5 Å². The van der Waals surface area contributed by atoms with Gasteiger partial charge in [-0.3, -0.25) is 4.79 Å². The van der Waals surface area contributed by atoms with E-state index in [1.165, 1.54) is 0 Å². The van der Waals surface area contributed by atoms with Crippen molar-refractivity contribution in [3.8, 4) is 11.1 Å². The first kappa shape index (κ1) is 32.3. The zero-order valence-electron chi connectivity index (χ0n) is 27.2. The molecule has 236 valence electrons. The molecule has 0 N–H and O–H groups in total. The van der Waals surface area contributed by atoms with Gasteiger partial charge in [-0.1, -0.05) is 62.7 Å². The molecule has 0 radical (unpaired) electrons. The van der Waals surface area contributed by atoms with Crippen LogP contribution in [0.25, 0.3) is 17.2 Å². The Hall–Kier alpha value is -4.13. The fourth-order valence-corrected chi connectivity index (χ4v) is 6.37. The predicted molar refractivity (Wildman–Crippen MR) is 178 cm³/mol. The first-order chi connectivity index (χ1) is 21.6. The predicted octanol–water partition coefficient (Wildman–Crippen LogP) is 7.68. The molecular weight excluding hydrogens is 562 g/mol. The summed E-state index contributed by atoms with van der Waals surface area (Å²) in [5, 5.41) is 0. The summed E-state index contributed by atoms with van der Waals surface area (Å²) in [5.41, 5.74) is 5.55. The molecule has 2 aliphatic carbocycles. The number of imidazole rings is 1. The molecule has 45 heavy (non-hydrogen) atoms. The minimum absolute atomic E-state index is 0.179. The molecule has 0 bridgehead atoms. The molecule has 3 atom stereocenters. The lowest BCUT2D eigenvalue weighted by atomic mass is 9.75. The quantitative estimate of drug-likeness (QED) is 0.184. The van der Waals surface area contributed by atoms with Gasteiger partial charge < -0.3 is 14.1 Å². The molecule has 7 nitrogen and oxygen atoms in total. The van der Waals surface area contributed by atoms with Gasteiger partial charge in [0.25, 0.3) is 0 Å². The standard InChI is InChI=1S/C38H45N3O4/c1-6-7-12-35-40-33-20-19-29(39-36(43)32-21-25(2)13-16-28(32)24-42)22-34(33)41(35)23-26-14-17-27(18-15-26)30-10-8-9-11-31(30)37(44)45-38(3,4)5/h8-11,14-15,17-20,24-25,28,32H,6-7,12-13,16,21-23H2,1-5H3. The zero-order valence-corrected chi connectivity index (χ0v) is 27.2. The molecular formula is C38H45N3O4. The maximum atomic E-state index is 13.3. The number of rotatable bonds is 9. The van der Waals surface area contributed by atoms with E-state index in [1.807, 2.05) is 63.3 Å². The SMILES string of the molecule is CCCCc1nc2c(n1Cc1ccc(-c3ccccc3C(=O)OC(C)(C)C)cc1)CC(=NC(=O)C1CC(C)CCC1C=O)C=C2. The summed E-state index contributed by atoms with van der Waals surface area (Å²) in [7, 11) is 0. The van der Waals surface area contributed by atoms with Crippen LogP contribution in [-0.2, 0) is 33.7 Å². The van der Waals surface area contributed by atoms with Crippen molar-refractivity contribution in [1.29, 1.82) is 0 Å². The molecule has 1 amide bonds. The van der Waals surface area contributed by atoms with Crippen LogP contribution in [0.1, 0.15) is 99.9 Å². The van der Waals surface area contributed by atoms with Gasteiger partial charge in [0, 0.05) is 31.2 Å². The van der Waals surface area contributed by atoms with E-state index >= 15 is 0 Å². The van der Waals surface area contributed by atoms with Gasteiger partial charge in [0.05, 0.1) is 22.7 Å². The Kier molecular flexibility index (Phi) is 9.96. The molecule has 0 aliphatic heterocycles. The second kappa shape index (κ2) is 13.9. The fraction of sp³-hybridized carbons (Fsp3) is 0.447. The Morgan fingerprint density at radius 1 is 1.07 bits per heavy atom. The molecule has 2 aliphatic rings. The van der Waals surface area contributed by atoms with Crippen molar-refractivity contribution in [2.45, 2.75) is 91.7 Å². The minimum atomic E-state index is -0.576. The highest BCUT2D eigenvalue weighted by Crippen LogP contribution is 2.34. The van der Waals surface area contributed by atoms with E-state index in [0.29, 0.717) is 36.6 Å². The second-order valence-electron chi connectivity index (χ2n) is 13.6. The van der Waals surface area contributed by atoms with Crippen molar-refractivity contribution < 1.29 is 19.1 Å². The Balaban J connectivity index is 1.39. The van der Waals surface area contributed by atoms with Gasteiger partial charge in [0.1, 0.15) is 17.7 Å². The third kappa shape index (κ3) is 7.75. The largest absolute Gasteiger partial charge is 0.456 e. The Morgan fingerprint density at radius 3 is 2.53 bits per heavy atom. The lowest BCUT2D eigenvalue weighted by Crippen LogP contribution is -2.31. The summed E-state index contributed by atoms with van der Waals surface area (Å²) >= 11 is 0. The first-order valence-corrected chi connectivity index (χ1v) is 16.3. The number of fused-ring (bicyclic) bond motifs is 1. The molecule has 1 heterocycles. The summed E-state index contributed by atoms with van der Waals surface area (Å²) < 4.78 is 7.93. The van der Waals surface area contributed by atoms with Crippen LogP contribution in [0.4, 0.5) is 0 Å². The second-order valence-corrected chi connectivity index (χ2v) is 13.6. The molecule has 3 unspecified atom stereocenters. The number of esters is 1. The van der Waals surface area contributed by atoms with Gasteiger partial charge in [-0.25, -0.2) is 14.8 Å². The summed E-state index contributed by atoms with van der Waals surface area (Å²) in [5.74, 6) is 0.353. The average Bonchev–Trinajstić information content (AvgIpc) is 3.35. The van der Waals surface area contributed by atoms with Crippen LogP contribution in [0.5, 0.6) is 0 Å². The normalized spacial score (nSPS) is 20.6. The van der Waals surface area contributed by atoms with Crippen LogP contribution >= 0.6 is 0 Å². The number of aldehydes is 1. The summed E-state index contributed by atoms with van der Waals surface area (Å²) in [6.45, 7) is 10.6. The van der Waals surface area contributed by atoms with Crippen LogP contribution in [0.15, 0.2) is 59.6 Å². The first-order valence-electron chi connectivity index (χ1n) is 16.3. The van der Waals surface area contributed by atoms with Crippen LogP contribution in [0.2, 0.25) is 0 Å². The topological polar surface area (TPSA) is 90.6 Å². The number of ether oxygens (including phenoxy) is 1. The highest BCUT2D eigenvalue weighted by Gasteiger charge is 2.34. The monoisotopic (exact) mass is 607 g/mol. The number of benzene rings is 2. The summed E-state index contributed by atoms with van der Waals surface area (Å²) in [4.78, 5) is 47.4. The maximum Gasteiger partial charge on any atom is 0.339 e. The lowest BCUT2D eigenvalue weighted by Gasteiger charge is -2.29. The lowest BCUT2D eigenvalue weighted by molar-refractivity contribution is -0.128. The number of unbranched alkanes of at least 4 members (excludes halogenated alkanes) is 1. The van der Waals surface area contributed by atoms with Gasteiger partial charge in [-0.05, 0) is 87.3 Å². The molecule has 5 rings (SSSR count). The zero-order chi connectivity index (χ0) is 32.1. The maximum absolute atomic E-state index is 13.3. The molecule has 3 aromatic rings. The third-order valence-corrected chi connectivity index (χ3v) is 8.78. The van der Waals surface area contributed by atoms with Gasteiger partial charge in [0.15, 0.2) is 0 Å². The van der Waals surface area contributed by atoms with Crippen LogP contribution in [-0.4, -0.2) is 39.0 Å². The van der Waals surface area contributed by atoms with Gasteiger partial charge >= 0.3 is 5.97 Å². The van der Waals surface area contributed by atoms with Crippen molar-refractivity contribution in [1.82, 2.24) is 9.55 Å². The van der Waals surface area contributed by atoms with E-state index in [4.69, 9.17) is 9.72 Å². The number of aliphatic imine (C=N–C) groups is 1. The van der Waals surface area contributed by atoms with E-state index in [1.54, 1.807) is 6.07 Å². The molecule has 1 saturated carbocycles. The van der Waals surface area contributed by atoms with Crippen molar-refractivity contribution in [3.05, 3.63) is 82.9 Å². The molecule has 0 saturated heterocycles. The number of allylic oxidation sites excluding steroid dienone is 1. The molecule has 0 spiro atoms. The summed E-state index contributed by atoms with van der Waals surface area (Å²) in [6.07, 6.45) is 10.7. The van der Waals surface area contributed by atoms with Gasteiger partial charge in [0.2, 0.25) is 5.91 Å². The highest BCUT2D eigenvalue weighted by molar-refractivity contribution is 6.07. The molecule has 2 aromatic carbocycles. The smallest absolute Gasteiger partial charge is 0.339 e. The number of carbonyl (C=O) groups is 3. The van der Waals surface area contributed by atoms with Crippen molar-refractivity contribution >= 4 is 30.0 Å². The number of amides is 1. The minimum Gasteiger partial charge on any atom is -0.456 e. The van der Waals surface area contributed by atoms with Crippen molar-refractivity contribution in [2.24, 2.45) is 22.7 Å². The van der Waals surface area contributed by atoms with E-state index in [0.717, 1.165) is 72.3 Å². The van der Waals surface area contributed by atoms with Gasteiger partial charge in [-0.15, -0.1) is 0 Å². The number of aryl methyl sites for hydroxylation is 1. The number of hydrogen-bond donors (Lipinski definition) is 0.